The van der Waals surface area contributed by atoms with Crippen molar-refractivity contribution in [3.8, 4) is 0 Å². The molecular formula is C11H7ClF2S. The van der Waals surface area contributed by atoms with Crippen LogP contribution < -0.4 is 0 Å². The van der Waals surface area contributed by atoms with E-state index in [0.29, 0.717) is 5.56 Å². The van der Waals surface area contributed by atoms with Gasteiger partial charge in [0.2, 0.25) is 0 Å². The fourth-order valence-corrected chi connectivity index (χ4v) is 2.31. The van der Waals surface area contributed by atoms with Gasteiger partial charge in [-0.2, -0.15) is 11.3 Å². The fraction of sp³-hybridized carbons (Fsp3) is 0.0909. The molecule has 78 valence electrons. The normalized spacial score (nSPS) is 12.7. The van der Waals surface area contributed by atoms with Crippen molar-refractivity contribution in [2.75, 3.05) is 0 Å². The molecular weight excluding hydrogens is 238 g/mol. The molecule has 0 aliphatic carbocycles. The topological polar surface area (TPSA) is 0 Å². The molecule has 0 bridgehead atoms. The Hall–Kier alpha value is -0.930. The Labute approximate surface area is 95.1 Å². The number of hydrogen-bond donors (Lipinski definition) is 0. The van der Waals surface area contributed by atoms with E-state index in [-0.39, 0.29) is 0 Å². The summed E-state index contributed by atoms with van der Waals surface area (Å²) < 4.78 is 25.6. The van der Waals surface area contributed by atoms with Crippen molar-refractivity contribution in [3.05, 3.63) is 57.8 Å². The standard InChI is InChI=1S/C11H7ClF2S/c12-11(8-3-4-15-6-8)7-1-2-9(13)10(14)5-7/h1-6,11H. The fourth-order valence-electron chi connectivity index (χ4n) is 1.28. The van der Waals surface area contributed by atoms with E-state index in [0.717, 1.165) is 17.7 Å². The first-order valence-corrected chi connectivity index (χ1v) is 5.67. The molecule has 1 aromatic heterocycles. The SMILES string of the molecule is Fc1ccc(C(Cl)c2ccsc2)cc1F. The highest BCUT2D eigenvalue weighted by molar-refractivity contribution is 7.08. The Balaban J connectivity index is 2.34. The van der Waals surface area contributed by atoms with Crippen LogP contribution in [-0.2, 0) is 0 Å². The van der Waals surface area contributed by atoms with Crippen LogP contribution in [0.25, 0.3) is 0 Å². The van der Waals surface area contributed by atoms with Crippen molar-refractivity contribution >= 4 is 22.9 Å². The lowest BCUT2D eigenvalue weighted by molar-refractivity contribution is 0.507. The Bertz CT molecular complexity index is 454. The van der Waals surface area contributed by atoms with Crippen molar-refractivity contribution in [2.24, 2.45) is 0 Å². The number of rotatable bonds is 2. The number of benzene rings is 1. The van der Waals surface area contributed by atoms with E-state index < -0.39 is 17.0 Å². The molecule has 0 fully saturated rings. The molecule has 0 aliphatic rings. The molecule has 15 heavy (non-hydrogen) atoms. The van der Waals surface area contributed by atoms with Crippen LogP contribution in [0.2, 0.25) is 0 Å². The lowest BCUT2D eigenvalue weighted by Crippen LogP contribution is -1.93. The van der Waals surface area contributed by atoms with Crippen LogP contribution >= 0.6 is 22.9 Å². The first kappa shape index (κ1) is 10.6. The van der Waals surface area contributed by atoms with E-state index in [2.05, 4.69) is 0 Å². The zero-order valence-corrected chi connectivity index (χ0v) is 9.16. The van der Waals surface area contributed by atoms with Gasteiger partial charge in [-0.25, -0.2) is 8.78 Å². The van der Waals surface area contributed by atoms with Gasteiger partial charge in [-0.3, -0.25) is 0 Å². The van der Waals surface area contributed by atoms with Gasteiger partial charge >= 0.3 is 0 Å². The summed E-state index contributed by atoms with van der Waals surface area (Å²) in [5, 5.41) is 3.36. The quantitative estimate of drug-likeness (QED) is 0.689. The van der Waals surface area contributed by atoms with Gasteiger partial charge in [-0.05, 0) is 40.1 Å². The molecule has 1 atom stereocenters. The molecule has 1 heterocycles. The molecule has 0 spiro atoms. The molecule has 1 unspecified atom stereocenters. The third kappa shape index (κ3) is 2.19. The second-order valence-corrected chi connectivity index (χ2v) is 4.31. The zero-order valence-electron chi connectivity index (χ0n) is 7.58. The van der Waals surface area contributed by atoms with Gasteiger partial charge in [-0.15, -0.1) is 11.6 Å². The van der Waals surface area contributed by atoms with Crippen LogP contribution in [-0.4, -0.2) is 0 Å². The summed E-state index contributed by atoms with van der Waals surface area (Å²) in [6.45, 7) is 0. The molecule has 0 saturated carbocycles. The van der Waals surface area contributed by atoms with Crippen molar-refractivity contribution in [2.45, 2.75) is 5.38 Å². The van der Waals surface area contributed by atoms with E-state index >= 15 is 0 Å². The van der Waals surface area contributed by atoms with E-state index in [1.165, 1.54) is 17.4 Å². The summed E-state index contributed by atoms with van der Waals surface area (Å²) in [5.74, 6) is -1.72. The number of alkyl halides is 1. The summed E-state index contributed by atoms with van der Waals surface area (Å²) >= 11 is 7.63. The monoisotopic (exact) mass is 244 g/mol. The summed E-state index contributed by atoms with van der Waals surface area (Å²) in [6, 6.07) is 5.58. The third-order valence-electron chi connectivity index (χ3n) is 2.07. The summed E-state index contributed by atoms with van der Waals surface area (Å²) in [5.41, 5.74) is 1.46. The largest absolute Gasteiger partial charge is 0.204 e. The Morgan fingerprint density at radius 2 is 1.87 bits per heavy atom. The van der Waals surface area contributed by atoms with Crippen LogP contribution in [0.4, 0.5) is 8.78 Å². The van der Waals surface area contributed by atoms with Gasteiger partial charge in [-0.1, -0.05) is 6.07 Å². The smallest absolute Gasteiger partial charge is 0.159 e. The highest BCUT2D eigenvalue weighted by atomic mass is 35.5. The molecule has 0 amide bonds. The predicted molar refractivity (Wildman–Crippen MR) is 58.4 cm³/mol. The van der Waals surface area contributed by atoms with Crippen LogP contribution in [0.15, 0.2) is 35.0 Å². The van der Waals surface area contributed by atoms with Crippen molar-refractivity contribution in [1.29, 1.82) is 0 Å². The Morgan fingerprint density at radius 3 is 2.47 bits per heavy atom. The van der Waals surface area contributed by atoms with Gasteiger partial charge in [0.05, 0.1) is 5.38 Å². The zero-order chi connectivity index (χ0) is 10.8. The summed E-state index contributed by atoms with van der Waals surface area (Å²) in [4.78, 5) is 0. The lowest BCUT2D eigenvalue weighted by Gasteiger charge is -2.07. The first-order valence-electron chi connectivity index (χ1n) is 4.29. The number of hydrogen-bond acceptors (Lipinski definition) is 1. The highest BCUT2D eigenvalue weighted by Crippen LogP contribution is 2.30. The number of thiophene rings is 1. The first-order chi connectivity index (χ1) is 7.18. The molecule has 0 aliphatic heterocycles. The summed E-state index contributed by atoms with van der Waals surface area (Å²) in [6.07, 6.45) is 0. The Morgan fingerprint density at radius 1 is 1.07 bits per heavy atom. The molecule has 2 aromatic rings. The van der Waals surface area contributed by atoms with Gasteiger partial charge < -0.3 is 0 Å². The van der Waals surface area contributed by atoms with Crippen molar-refractivity contribution < 1.29 is 8.78 Å². The second kappa shape index (κ2) is 4.29. The molecule has 0 radical (unpaired) electrons. The maximum absolute atomic E-state index is 13.0. The molecule has 0 nitrogen and oxygen atoms in total. The summed E-state index contributed by atoms with van der Waals surface area (Å²) in [7, 11) is 0. The molecule has 2 rings (SSSR count). The van der Waals surface area contributed by atoms with Gasteiger partial charge in [0.1, 0.15) is 0 Å². The van der Waals surface area contributed by atoms with E-state index in [1.54, 1.807) is 0 Å². The van der Waals surface area contributed by atoms with Crippen LogP contribution in [0, 0.1) is 11.6 Å². The molecule has 0 N–H and O–H groups in total. The minimum atomic E-state index is -0.867. The minimum absolute atomic E-state index is 0.425. The van der Waals surface area contributed by atoms with Gasteiger partial charge in [0.25, 0.3) is 0 Å². The van der Waals surface area contributed by atoms with E-state index in [9.17, 15) is 8.78 Å². The van der Waals surface area contributed by atoms with Crippen molar-refractivity contribution in [3.63, 3.8) is 0 Å². The van der Waals surface area contributed by atoms with Gasteiger partial charge in [0.15, 0.2) is 11.6 Å². The van der Waals surface area contributed by atoms with Gasteiger partial charge in [0, 0.05) is 0 Å². The maximum Gasteiger partial charge on any atom is 0.159 e. The minimum Gasteiger partial charge on any atom is -0.204 e. The van der Waals surface area contributed by atoms with Crippen LogP contribution in [0.1, 0.15) is 16.5 Å². The highest BCUT2D eigenvalue weighted by Gasteiger charge is 2.13. The van der Waals surface area contributed by atoms with Crippen LogP contribution in [0.5, 0.6) is 0 Å². The van der Waals surface area contributed by atoms with E-state index in [1.807, 2.05) is 16.8 Å². The lowest BCUT2D eigenvalue weighted by atomic mass is 10.1. The molecule has 0 saturated heterocycles. The second-order valence-electron chi connectivity index (χ2n) is 3.09. The third-order valence-corrected chi connectivity index (χ3v) is 3.28. The Kier molecular flexibility index (Phi) is 3.03. The van der Waals surface area contributed by atoms with Crippen molar-refractivity contribution in [1.82, 2.24) is 0 Å². The predicted octanol–water partition coefficient (Wildman–Crippen LogP) is 4.35. The maximum atomic E-state index is 13.0. The molecule has 4 heteroatoms. The van der Waals surface area contributed by atoms with Crippen LogP contribution in [0.3, 0.4) is 0 Å². The number of halogens is 3. The average Bonchev–Trinajstić information content (AvgIpc) is 2.74. The molecule has 1 aromatic carbocycles. The van der Waals surface area contributed by atoms with E-state index in [4.69, 9.17) is 11.6 Å². The average molecular weight is 245 g/mol.